The van der Waals surface area contributed by atoms with Gasteiger partial charge < -0.3 is 29.2 Å². The highest BCUT2D eigenvalue weighted by molar-refractivity contribution is 5.96. The van der Waals surface area contributed by atoms with Gasteiger partial charge in [0.15, 0.2) is 0 Å². The molecule has 5 unspecified atom stereocenters. The third-order valence-corrected chi connectivity index (χ3v) is 13.0. The van der Waals surface area contributed by atoms with Crippen LogP contribution in [0.2, 0.25) is 0 Å². The van der Waals surface area contributed by atoms with Crippen LogP contribution in [0.25, 0.3) is 33.3 Å². The molecule has 2 aromatic heterocycles. The standard InChI is InChI=1S/C49H63N7O7/c1-9-55-41-18-17-34-25-37(41)38(44(55)36-15-11-20-50-42(36)31(4)62-8)26-49(5,6)28-63-48(61)39-16-12-21-56(52-39)47(60)40(24-32-13-10-14-33(34)23-32)51-45(58)43(30(2)3)53(7)46(59)35-19-22-54(27-35)29-57/h10-11,13-15,17-18,20,23,25,29-31,35,39-40,43,52H,9,12,16,19,21-22,24,26-28H2,1-8H3,(H,51,58). The number of likely N-dealkylation sites (tertiary alicyclic amines) is 1. The number of aryl methyl sites for hydroxylation is 1. The quantitative estimate of drug-likeness (QED) is 0.151. The van der Waals surface area contributed by atoms with E-state index >= 15 is 0 Å². The van der Waals surface area contributed by atoms with Crippen molar-refractivity contribution < 1.29 is 33.4 Å². The number of aromatic nitrogens is 2. The monoisotopic (exact) mass is 861 g/mol. The van der Waals surface area contributed by atoms with Gasteiger partial charge in [-0.2, -0.15) is 0 Å². The Hall–Kier alpha value is -5.60. The Morgan fingerprint density at radius 3 is 2.56 bits per heavy atom. The number of cyclic esters (lactones) is 1. The number of hydrazine groups is 1. The number of benzene rings is 2. The molecule has 2 N–H and O–H groups in total. The van der Waals surface area contributed by atoms with Crippen LogP contribution in [0.4, 0.5) is 0 Å². The number of fused-ring (bicyclic) bond motifs is 6. The van der Waals surface area contributed by atoms with Gasteiger partial charge >= 0.3 is 5.97 Å². The fourth-order valence-electron chi connectivity index (χ4n) is 9.68. The molecule has 3 aliphatic rings. The first-order valence-corrected chi connectivity index (χ1v) is 22.4. The molecule has 6 bridgehead atoms. The molecule has 336 valence electrons. The summed E-state index contributed by atoms with van der Waals surface area (Å²) in [6.45, 7) is 14.1. The van der Waals surface area contributed by atoms with Gasteiger partial charge in [-0.3, -0.25) is 34.0 Å². The number of hydrogen-bond donors (Lipinski definition) is 2. The summed E-state index contributed by atoms with van der Waals surface area (Å²) < 4.78 is 14.3. The van der Waals surface area contributed by atoms with Gasteiger partial charge in [-0.15, -0.1) is 0 Å². The predicted octanol–water partition coefficient (Wildman–Crippen LogP) is 5.71. The maximum Gasteiger partial charge on any atom is 0.324 e. The van der Waals surface area contributed by atoms with Crippen molar-refractivity contribution in [3.8, 4) is 22.4 Å². The lowest BCUT2D eigenvalue weighted by molar-refractivity contribution is -0.155. The number of carbonyl (C=O) groups is 5. The molecule has 0 saturated carbocycles. The minimum Gasteiger partial charge on any atom is -0.464 e. The van der Waals surface area contributed by atoms with E-state index in [2.05, 4.69) is 72.5 Å². The number of amides is 4. The van der Waals surface area contributed by atoms with Crippen LogP contribution >= 0.6 is 0 Å². The summed E-state index contributed by atoms with van der Waals surface area (Å²) in [5, 5.41) is 5.57. The highest BCUT2D eigenvalue weighted by Gasteiger charge is 2.40. The normalized spacial score (nSPS) is 21.4. The van der Waals surface area contributed by atoms with E-state index in [1.165, 1.54) is 9.91 Å². The second kappa shape index (κ2) is 19.0. The van der Waals surface area contributed by atoms with Gasteiger partial charge in [0.05, 0.1) is 30.0 Å². The highest BCUT2D eigenvalue weighted by atomic mass is 16.5. The zero-order chi connectivity index (χ0) is 45.2. The third-order valence-electron chi connectivity index (χ3n) is 13.0. The average Bonchev–Trinajstić information content (AvgIpc) is 3.89. The number of pyridine rings is 1. The smallest absolute Gasteiger partial charge is 0.324 e. The predicted molar refractivity (Wildman–Crippen MR) is 241 cm³/mol. The van der Waals surface area contributed by atoms with Crippen LogP contribution in [-0.4, -0.2) is 113 Å². The van der Waals surface area contributed by atoms with Crippen molar-refractivity contribution in [1.29, 1.82) is 0 Å². The van der Waals surface area contributed by atoms with E-state index in [0.717, 1.165) is 56.5 Å². The van der Waals surface area contributed by atoms with Crippen LogP contribution in [0.1, 0.15) is 83.7 Å². The van der Waals surface area contributed by atoms with Gasteiger partial charge in [-0.1, -0.05) is 58.0 Å². The van der Waals surface area contributed by atoms with Gasteiger partial charge in [0.1, 0.15) is 18.1 Å². The van der Waals surface area contributed by atoms with E-state index in [1.807, 2.05) is 39.0 Å². The Kier molecular flexibility index (Phi) is 13.7. The topological polar surface area (TPSA) is 155 Å². The first kappa shape index (κ1) is 45.4. The summed E-state index contributed by atoms with van der Waals surface area (Å²) in [6.07, 6.45) is 4.59. The van der Waals surface area contributed by atoms with Crippen molar-refractivity contribution in [2.45, 2.75) is 104 Å². The van der Waals surface area contributed by atoms with E-state index in [0.29, 0.717) is 51.9 Å². The molecule has 3 aliphatic heterocycles. The lowest BCUT2D eigenvalue weighted by atomic mass is 9.84. The molecule has 0 radical (unpaired) electrons. The molecule has 2 fully saturated rings. The first-order valence-electron chi connectivity index (χ1n) is 22.4. The molecule has 5 atom stereocenters. The Bertz CT molecular complexity index is 2360. The number of methoxy groups -OCH3 is 1. The average molecular weight is 862 g/mol. The Balaban J connectivity index is 1.31. The summed E-state index contributed by atoms with van der Waals surface area (Å²) in [5.74, 6) is -2.21. The van der Waals surface area contributed by atoms with Crippen molar-refractivity contribution in [2.75, 3.05) is 40.4 Å². The Morgan fingerprint density at radius 1 is 1.06 bits per heavy atom. The van der Waals surface area contributed by atoms with Crippen LogP contribution in [-0.2, 0) is 52.8 Å². The molecule has 63 heavy (non-hydrogen) atoms. The van der Waals surface area contributed by atoms with Gasteiger partial charge in [-0.05, 0) is 92.0 Å². The fourth-order valence-corrected chi connectivity index (χ4v) is 9.68. The summed E-state index contributed by atoms with van der Waals surface area (Å²) in [4.78, 5) is 75.9. The molecule has 2 saturated heterocycles. The number of hydrogen-bond acceptors (Lipinski definition) is 9. The van der Waals surface area contributed by atoms with Gasteiger partial charge in [0, 0.05) is 74.8 Å². The molecule has 0 aliphatic carbocycles. The molecular formula is C49H63N7O7. The van der Waals surface area contributed by atoms with Crippen LogP contribution < -0.4 is 10.7 Å². The van der Waals surface area contributed by atoms with E-state index in [1.54, 1.807) is 25.3 Å². The molecule has 0 spiro atoms. The fraction of sp³-hybridized carbons (Fsp3) is 0.510. The zero-order valence-corrected chi connectivity index (χ0v) is 38.0. The van der Waals surface area contributed by atoms with Crippen LogP contribution in [0, 0.1) is 17.3 Å². The molecule has 4 amide bonds. The lowest BCUT2D eigenvalue weighted by Gasteiger charge is -2.37. The van der Waals surface area contributed by atoms with Crippen LogP contribution in [0.3, 0.4) is 0 Å². The maximum absolute atomic E-state index is 14.6. The van der Waals surface area contributed by atoms with E-state index < -0.39 is 47.2 Å². The number of carbonyl (C=O) groups excluding carboxylic acids is 5. The van der Waals surface area contributed by atoms with Crippen molar-refractivity contribution in [3.63, 3.8) is 0 Å². The van der Waals surface area contributed by atoms with E-state index in [9.17, 15) is 24.0 Å². The maximum atomic E-state index is 14.6. The van der Waals surface area contributed by atoms with Crippen molar-refractivity contribution in [3.05, 3.63) is 77.6 Å². The Morgan fingerprint density at radius 2 is 1.84 bits per heavy atom. The number of likely N-dealkylation sites (N-methyl/N-ethyl adjacent to an activating group) is 1. The molecule has 5 heterocycles. The third kappa shape index (κ3) is 9.52. The molecule has 7 rings (SSSR count). The summed E-state index contributed by atoms with van der Waals surface area (Å²) in [5.41, 5.74) is 10.5. The highest BCUT2D eigenvalue weighted by Crippen LogP contribution is 2.42. The molecule has 2 aromatic carbocycles. The summed E-state index contributed by atoms with van der Waals surface area (Å²) >= 11 is 0. The molecular weight excluding hydrogens is 799 g/mol. The van der Waals surface area contributed by atoms with Crippen LogP contribution in [0.5, 0.6) is 0 Å². The van der Waals surface area contributed by atoms with Gasteiger partial charge in [-0.25, -0.2) is 5.43 Å². The van der Waals surface area contributed by atoms with Crippen molar-refractivity contribution in [2.24, 2.45) is 17.3 Å². The largest absolute Gasteiger partial charge is 0.464 e. The van der Waals surface area contributed by atoms with Crippen LogP contribution in [0.15, 0.2) is 60.8 Å². The van der Waals surface area contributed by atoms with E-state index in [-0.39, 0.29) is 31.0 Å². The minimum atomic E-state index is -1.03. The number of nitrogens with zero attached hydrogens (tertiary/aromatic N) is 5. The Labute approximate surface area is 370 Å². The number of esters is 1. The summed E-state index contributed by atoms with van der Waals surface area (Å²) in [6, 6.07) is 15.9. The molecule has 4 aromatic rings. The van der Waals surface area contributed by atoms with Gasteiger partial charge in [0.2, 0.25) is 18.2 Å². The SMILES string of the molecule is CCn1c(-c2cccnc2C(C)OC)c2c3cc(ccc31)-c1cccc(c1)CC(NC(=O)C(C(C)C)N(C)C(=O)C1CCN(C=O)C1)C(=O)N1CCCC(N1)C(=O)OCC(C)(C)C2. The zero-order valence-electron chi connectivity index (χ0n) is 38.0. The molecule has 14 heteroatoms. The number of rotatable bonds is 10. The van der Waals surface area contributed by atoms with Gasteiger partial charge in [0.25, 0.3) is 5.91 Å². The summed E-state index contributed by atoms with van der Waals surface area (Å²) in [7, 11) is 3.31. The first-order chi connectivity index (χ1) is 30.1. The van der Waals surface area contributed by atoms with Crippen molar-refractivity contribution in [1.82, 2.24) is 35.1 Å². The number of ether oxygens (including phenoxy) is 2. The van der Waals surface area contributed by atoms with Crippen molar-refractivity contribution >= 4 is 41.0 Å². The second-order valence-electron chi connectivity index (χ2n) is 18.6. The molecule has 14 nitrogen and oxygen atoms in total. The lowest BCUT2D eigenvalue weighted by Crippen LogP contribution is -2.62. The minimum absolute atomic E-state index is 0.141. The van der Waals surface area contributed by atoms with E-state index in [4.69, 9.17) is 14.5 Å². The second-order valence-corrected chi connectivity index (χ2v) is 18.6. The number of nitrogens with one attached hydrogen (secondary N) is 2.